The molecule has 0 unspecified atom stereocenters. The van der Waals surface area contributed by atoms with Crippen LogP contribution in [0.3, 0.4) is 0 Å². The zero-order valence-electron chi connectivity index (χ0n) is 26.7. The first-order valence-corrected chi connectivity index (χ1v) is 16.6. The number of nitrogens with zero attached hydrogens (tertiary/aromatic N) is 3. The highest BCUT2D eigenvalue weighted by atomic mass is 32.1. The highest BCUT2D eigenvalue weighted by Gasteiger charge is 2.57. The van der Waals surface area contributed by atoms with Gasteiger partial charge < -0.3 is 28.1 Å². The number of thiophene rings is 1. The van der Waals surface area contributed by atoms with Crippen LogP contribution in [0.2, 0.25) is 0 Å². The van der Waals surface area contributed by atoms with Crippen LogP contribution in [0.5, 0.6) is 11.8 Å². The fourth-order valence-electron chi connectivity index (χ4n) is 6.63. The summed E-state index contributed by atoms with van der Waals surface area (Å²) in [6.45, 7) is 7.31. The Kier molecular flexibility index (Phi) is 7.93. The average Bonchev–Trinajstić information content (AvgIpc) is 3.30. The van der Waals surface area contributed by atoms with Gasteiger partial charge in [-0.2, -0.15) is 4.98 Å². The molecule has 7 rings (SSSR count). The SMILES string of the molecule is COc1ccccc1[C@H](COc1nc2sc(-c3ncco3)c(C)c2c(=O)n1C1(C(=O)OC(C)(C)C)CC1)O[C@H]1C[C@H]2CC[C@@H](C1)O2. The number of para-hydroxylation sites is 1. The molecule has 0 radical (unpaired) electrons. The van der Waals surface area contributed by atoms with E-state index in [1.54, 1.807) is 13.3 Å². The monoisotopic (exact) mass is 649 g/mol. The third kappa shape index (κ3) is 5.71. The molecule has 4 atom stereocenters. The van der Waals surface area contributed by atoms with Crippen LogP contribution >= 0.6 is 11.3 Å². The first kappa shape index (κ1) is 30.9. The Hall–Kier alpha value is -3.74. The van der Waals surface area contributed by atoms with Crippen molar-refractivity contribution in [3.05, 3.63) is 58.2 Å². The van der Waals surface area contributed by atoms with Gasteiger partial charge in [-0.25, -0.2) is 14.3 Å². The zero-order valence-corrected chi connectivity index (χ0v) is 27.6. The topological polar surface area (TPSA) is 124 Å². The van der Waals surface area contributed by atoms with Crippen molar-refractivity contribution in [3.63, 3.8) is 0 Å². The summed E-state index contributed by atoms with van der Waals surface area (Å²) in [5.74, 6) is 0.588. The van der Waals surface area contributed by atoms with E-state index in [1.807, 2.05) is 52.0 Å². The summed E-state index contributed by atoms with van der Waals surface area (Å²) in [7, 11) is 1.63. The number of hydrogen-bond donors (Lipinski definition) is 0. The molecule has 3 fully saturated rings. The van der Waals surface area contributed by atoms with Gasteiger partial charge in [-0.15, -0.1) is 11.3 Å². The van der Waals surface area contributed by atoms with E-state index >= 15 is 0 Å². The first-order valence-electron chi connectivity index (χ1n) is 15.8. The van der Waals surface area contributed by atoms with Crippen molar-refractivity contribution in [2.24, 2.45) is 0 Å². The van der Waals surface area contributed by atoms with Gasteiger partial charge in [0.05, 0.1) is 41.9 Å². The summed E-state index contributed by atoms with van der Waals surface area (Å²) in [5, 5.41) is 0.399. The second kappa shape index (κ2) is 11.8. The quantitative estimate of drug-likeness (QED) is 0.186. The summed E-state index contributed by atoms with van der Waals surface area (Å²) in [5.41, 5.74) is -0.823. The number of oxazole rings is 1. The Morgan fingerprint density at radius 3 is 2.57 bits per heavy atom. The van der Waals surface area contributed by atoms with Gasteiger partial charge in [-0.1, -0.05) is 18.2 Å². The number of benzene rings is 1. The molecule has 3 aromatic heterocycles. The van der Waals surface area contributed by atoms with E-state index in [4.69, 9.17) is 33.1 Å². The molecule has 0 N–H and O–H groups in total. The lowest BCUT2D eigenvalue weighted by Crippen LogP contribution is -2.42. The smallest absolute Gasteiger partial charge is 0.333 e. The minimum atomic E-state index is -1.22. The maximum atomic E-state index is 14.4. The molecular formula is C34H39N3O8S. The van der Waals surface area contributed by atoms with E-state index < -0.39 is 23.2 Å². The van der Waals surface area contributed by atoms with Crippen molar-refractivity contribution in [2.75, 3.05) is 13.7 Å². The number of carbonyl (C=O) groups is 1. The van der Waals surface area contributed by atoms with Crippen LogP contribution in [0.1, 0.15) is 76.5 Å². The minimum Gasteiger partial charge on any atom is -0.496 e. The number of aromatic nitrogens is 3. The van der Waals surface area contributed by atoms with Crippen molar-refractivity contribution < 1.29 is 32.9 Å². The normalized spacial score (nSPS) is 22.5. The molecule has 4 aromatic rings. The van der Waals surface area contributed by atoms with E-state index in [0.717, 1.165) is 31.2 Å². The van der Waals surface area contributed by atoms with Crippen molar-refractivity contribution in [1.82, 2.24) is 14.5 Å². The number of hydrogen-bond acceptors (Lipinski definition) is 11. The average molecular weight is 650 g/mol. The summed E-state index contributed by atoms with van der Waals surface area (Å²) < 4.78 is 37.8. The molecular weight excluding hydrogens is 610 g/mol. The fraction of sp³-hybridized carbons (Fsp3) is 0.529. The van der Waals surface area contributed by atoms with Gasteiger partial charge >= 0.3 is 12.0 Å². The van der Waals surface area contributed by atoms with Crippen LogP contribution in [0, 0.1) is 6.92 Å². The van der Waals surface area contributed by atoms with Gasteiger partial charge in [0.15, 0.2) is 0 Å². The molecule has 46 heavy (non-hydrogen) atoms. The highest BCUT2D eigenvalue weighted by Crippen LogP contribution is 2.48. The Bertz CT molecular complexity index is 1790. The molecule has 1 aromatic carbocycles. The van der Waals surface area contributed by atoms with Crippen molar-refractivity contribution in [2.45, 2.75) is 102 Å². The Balaban J connectivity index is 1.29. The Labute approximate surface area is 270 Å². The van der Waals surface area contributed by atoms with E-state index in [-0.39, 0.29) is 36.5 Å². The molecule has 0 spiro atoms. The molecule has 2 bridgehead atoms. The Morgan fingerprint density at radius 1 is 1.17 bits per heavy atom. The molecule has 11 nitrogen and oxygen atoms in total. The number of rotatable bonds is 10. The summed E-state index contributed by atoms with van der Waals surface area (Å²) in [6, 6.07) is 7.72. The second-order valence-electron chi connectivity index (χ2n) is 13.4. The van der Waals surface area contributed by atoms with Crippen LogP contribution in [-0.4, -0.2) is 58.1 Å². The fourth-order valence-corrected chi connectivity index (χ4v) is 7.73. The molecule has 0 amide bonds. The van der Waals surface area contributed by atoms with Crippen LogP contribution in [-0.2, 0) is 24.5 Å². The van der Waals surface area contributed by atoms with Crippen molar-refractivity contribution in [3.8, 4) is 22.5 Å². The van der Waals surface area contributed by atoms with Gasteiger partial charge in [0, 0.05) is 5.56 Å². The standard InChI is InChI=1S/C34H39N3O8S/c1-19-26-29(46-27(19)28-35-14-15-41-28)36-32(37(30(26)38)34(12-13-34)31(39)45-33(2,3)4)42-18-25(23-8-6-7-9-24(23)40-5)44-22-16-20-10-11-21(17-22)43-20/h6-9,14-15,20-22,25H,10-13,16-18H2,1-5H3/t20-,21+,22+,25-/m0/s1. The third-order valence-corrected chi connectivity index (χ3v) is 10.1. The molecule has 244 valence electrons. The predicted octanol–water partition coefficient (Wildman–Crippen LogP) is 6.11. The lowest BCUT2D eigenvalue weighted by molar-refractivity contribution is -0.161. The van der Waals surface area contributed by atoms with Crippen LogP contribution in [0.25, 0.3) is 21.0 Å². The summed E-state index contributed by atoms with van der Waals surface area (Å²) in [6.07, 6.45) is 7.42. The number of fused-ring (bicyclic) bond motifs is 3. The van der Waals surface area contributed by atoms with Crippen LogP contribution in [0.15, 0.2) is 45.9 Å². The third-order valence-electron chi connectivity index (χ3n) is 8.94. The van der Waals surface area contributed by atoms with E-state index in [0.29, 0.717) is 45.1 Å². The number of carbonyl (C=O) groups excluding carboxylic acids is 1. The summed E-state index contributed by atoms with van der Waals surface area (Å²) in [4.78, 5) is 38.5. The predicted molar refractivity (Wildman–Crippen MR) is 170 cm³/mol. The number of aryl methyl sites for hydroxylation is 1. The van der Waals surface area contributed by atoms with Gasteiger partial charge in [0.25, 0.3) is 5.56 Å². The van der Waals surface area contributed by atoms with Crippen LogP contribution in [0.4, 0.5) is 0 Å². The van der Waals surface area contributed by atoms with E-state index in [1.165, 1.54) is 22.2 Å². The highest BCUT2D eigenvalue weighted by molar-refractivity contribution is 7.22. The summed E-state index contributed by atoms with van der Waals surface area (Å²) >= 11 is 1.30. The molecule has 2 aliphatic heterocycles. The molecule has 2 saturated heterocycles. The van der Waals surface area contributed by atoms with E-state index in [9.17, 15) is 9.59 Å². The van der Waals surface area contributed by atoms with E-state index in [2.05, 4.69) is 4.98 Å². The minimum absolute atomic E-state index is 0.0257. The van der Waals surface area contributed by atoms with Gasteiger partial charge in [-0.05, 0) is 77.8 Å². The number of ether oxygens (including phenoxy) is 5. The van der Waals surface area contributed by atoms with Crippen molar-refractivity contribution in [1.29, 1.82) is 0 Å². The maximum absolute atomic E-state index is 14.4. The second-order valence-corrected chi connectivity index (χ2v) is 14.4. The zero-order chi connectivity index (χ0) is 32.2. The van der Waals surface area contributed by atoms with Crippen molar-refractivity contribution >= 4 is 27.5 Å². The molecule has 3 aliphatic rings. The van der Waals surface area contributed by atoms with Crippen LogP contribution < -0.4 is 15.0 Å². The first-order chi connectivity index (χ1) is 22.1. The lowest BCUT2D eigenvalue weighted by atomic mass is 10.0. The lowest BCUT2D eigenvalue weighted by Gasteiger charge is -2.32. The van der Waals surface area contributed by atoms with Gasteiger partial charge in [-0.3, -0.25) is 4.79 Å². The molecule has 12 heteroatoms. The number of esters is 1. The number of methoxy groups -OCH3 is 1. The maximum Gasteiger partial charge on any atom is 0.333 e. The largest absolute Gasteiger partial charge is 0.496 e. The van der Waals surface area contributed by atoms with Gasteiger partial charge in [0.1, 0.15) is 40.7 Å². The molecule has 1 saturated carbocycles. The van der Waals surface area contributed by atoms with Gasteiger partial charge in [0.2, 0.25) is 5.89 Å². The Morgan fingerprint density at radius 2 is 1.91 bits per heavy atom. The molecule has 5 heterocycles. The molecule has 1 aliphatic carbocycles.